The van der Waals surface area contributed by atoms with Gasteiger partial charge in [-0.05, 0) is 69.5 Å². The first kappa shape index (κ1) is 22.9. The number of piperazine rings is 1. The average molecular weight is 434 g/mol. The van der Waals surface area contributed by atoms with Gasteiger partial charge in [0.25, 0.3) is 0 Å². The topological polar surface area (TPSA) is 37.2 Å². The van der Waals surface area contributed by atoms with Crippen LogP contribution in [0.3, 0.4) is 0 Å². The molecule has 0 saturated carbocycles. The third kappa shape index (κ3) is 5.05. The lowest BCUT2D eigenvalue weighted by Crippen LogP contribution is -2.51. The van der Waals surface area contributed by atoms with Gasteiger partial charge in [0.05, 0.1) is 6.54 Å². The molecule has 1 aliphatic rings. The second kappa shape index (κ2) is 10.1. The van der Waals surface area contributed by atoms with Crippen LogP contribution in [0.1, 0.15) is 55.4 Å². The molecule has 0 aliphatic carbocycles. The van der Waals surface area contributed by atoms with Crippen LogP contribution in [0.4, 0.5) is 0 Å². The summed E-state index contributed by atoms with van der Waals surface area (Å²) in [6.07, 6.45) is 3.29. The smallest absolute Gasteiger partial charge is 0.160 e. The Labute approximate surface area is 193 Å². The molecule has 1 aromatic carbocycles. The molecule has 0 amide bonds. The molecule has 5 heteroatoms. The molecule has 1 saturated heterocycles. The van der Waals surface area contributed by atoms with Crippen LogP contribution < -0.4 is 0 Å². The minimum atomic E-state index is 0.683. The van der Waals surface area contributed by atoms with Crippen molar-refractivity contribution in [2.24, 2.45) is 0 Å². The van der Waals surface area contributed by atoms with Crippen molar-refractivity contribution in [1.29, 1.82) is 0 Å². The first-order valence-electron chi connectivity index (χ1n) is 12.4. The predicted octanol–water partition coefficient (Wildman–Crippen LogP) is 4.62. The molecule has 2 aromatic heterocycles. The fourth-order valence-electron chi connectivity index (χ4n) is 4.96. The summed E-state index contributed by atoms with van der Waals surface area (Å²) in [4.78, 5) is 14.9. The Morgan fingerprint density at radius 1 is 1.00 bits per heavy atom. The highest BCUT2D eigenvalue weighted by atomic mass is 15.3. The van der Waals surface area contributed by atoms with E-state index in [2.05, 4.69) is 79.3 Å². The van der Waals surface area contributed by atoms with Gasteiger partial charge in [-0.25, -0.2) is 9.97 Å². The minimum absolute atomic E-state index is 0.683. The van der Waals surface area contributed by atoms with E-state index in [-0.39, 0.29) is 0 Å². The molecular weight excluding hydrogens is 394 g/mol. The van der Waals surface area contributed by atoms with Gasteiger partial charge in [-0.15, -0.1) is 0 Å². The van der Waals surface area contributed by atoms with E-state index in [0.717, 1.165) is 42.1 Å². The Balaban J connectivity index is 1.36. The molecule has 4 rings (SSSR count). The zero-order chi connectivity index (χ0) is 22.7. The van der Waals surface area contributed by atoms with Crippen LogP contribution in [-0.4, -0.2) is 63.1 Å². The van der Waals surface area contributed by atoms with E-state index < -0.39 is 0 Å². The van der Waals surface area contributed by atoms with Crippen molar-refractivity contribution >= 4 is 11.2 Å². The summed E-state index contributed by atoms with van der Waals surface area (Å²) in [6, 6.07) is 12.0. The first-order chi connectivity index (χ1) is 15.5. The molecule has 3 heterocycles. The maximum Gasteiger partial charge on any atom is 0.160 e. The van der Waals surface area contributed by atoms with E-state index in [1.165, 1.54) is 55.8 Å². The van der Waals surface area contributed by atoms with Crippen LogP contribution in [-0.2, 0) is 19.4 Å². The van der Waals surface area contributed by atoms with Gasteiger partial charge in [-0.3, -0.25) is 4.90 Å². The number of fused-ring (bicyclic) bond motifs is 1. The molecule has 1 fully saturated rings. The van der Waals surface area contributed by atoms with Crippen molar-refractivity contribution in [3.05, 3.63) is 58.5 Å². The summed E-state index contributed by atoms with van der Waals surface area (Å²) >= 11 is 0. The van der Waals surface area contributed by atoms with Gasteiger partial charge in [-0.2, -0.15) is 0 Å². The van der Waals surface area contributed by atoms with Crippen molar-refractivity contribution in [1.82, 2.24) is 24.3 Å². The van der Waals surface area contributed by atoms with Crippen LogP contribution in [0.2, 0.25) is 0 Å². The van der Waals surface area contributed by atoms with Gasteiger partial charge < -0.3 is 9.47 Å². The molecular formula is C27H39N5. The Kier molecular flexibility index (Phi) is 7.27. The highest BCUT2D eigenvalue weighted by Gasteiger charge is 2.21. The number of imidazole rings is 1. The van der Waals surface area contributed by atoms with Crippen LogP contribution in [0.5, 0.6) is 0 Å². The number of likely N-dealkylation sites (N-methyl/N-ethyl adjacent to an activating group) is 1. The molecule has 5 nitrogen and oxygen atoms in total. The monoisotopic (exact) mass is 433 g/mol. The highest BCUT2D eigenvalue weighted by Crippen LogP contribution is 2.20. The van der Waals surface area contributed by atoms with E-state index in [0.29, 0.717) is 6.04 Å². The first-order valence-corrected chi connectivity index (χ1v) is 12.4. The number of hydrogen-bond acceptors (Lipinski definition) is 4. The summed E-state index contributed by atoms with van der Waals surface area (Å²) in [6.45, 7) is 17.8. The van der Waals surface area contributed by atoms with Gasteiger partial charge in [0, 0.05) is 37.8 Å². The Morgan fingerprint density at radius 2 is 1.75 bits per heavy atom. The average Bonchev–Trinajstić information content (AvgIpc) is 3.11. The summed E-state index contributed by atoms with van der Waals surface area (Å²) in [5, 5.41) is 0. The van der Waals surface area contributed by atoms with E-state index in [1.54, 1.807) is 0 Å². The van der Waals surface area contributed by atoms with E-state index >= 15 is 0 Å². The van der Waals surface area contributed by atoms with Crippen LogP contribution in [0, 0.1) is 13.8 Å². The molecule has 3 aromatic rings. The lowest BCUT2D eigenvalue weighted by atomic mass is 10.1. The maximum absolute atomic E-state index is 4.85. The lowest BCUT2D eigenvalue weighted by Gasteiger charge is -2.39. The lowest BCUT2D eigenvalue weighted by molar-refractivity contribution is 0.0874. The predicted molar refractivity (Wildman–Crippen MR) is 133 cm³/mol. The molecule has 1 aliphatic heterocycles. The molecule has 1 atom stereocenters. The maximum atomic E-state index is 4.85. The molecule has 0 bridgehead atoms. The third-order valence-electron chi connectivity index (χ3n) is 7.12. The second-order valence-corrected chi connectivity index (χ2v) is 9.40. The number of rotatable bonds is 8. The molecule has 172 valence electrons. The number of benzene rings is 1. The van der Waals surface area contributed by atoms with Crippen molar-refractivity contribution in [2.45, 2.75) is 66.5 Å². The summed E-state index contributed by atoms with van der Waals surface area (Å²) in [7, 11) is 0. The quantitative estimate of drug-likeness (QED) is 0.520. The molecule has 0 radical (unpaired) electrons. The van der Waals surface area contributed by atoms with E-state index in [4.69, 9.17) is 9.97 Å². The van der Waals surface area contributed by atoms with Gasteiger partial charge in [-0.1, -0.05) is 38.1 Å². The molecule has 0 spiro atoms. The summed E-state index contributed by atoms with van der Waals surface area (Å²) < 4.78 is 2.29. The van der Waals surface area contributed by atoms with Gasteiger partial charge in [0.15, 0.2) is 5.65 Å². The Morgan fingerprint density at radius 3 is 2.44 bits per heavy atom. The minimum Gasteiger partial charge on any atom is -0.308 e. The van der Waals surface area contributed by atoms with Crippen LogP contribution >= 0.6 is 0 Å². The zero-order valence-corrected chi connectivity index (χ0v) is 20.6. The SMILES string of the molecule is CCc1nc2cc(C)c(C)nc2n1Cc1ccc(CCCN2CCN(CC)C(C)C2)cc1. The number of pyridine rings is 1. The Hall–Kier alpha value is -2.24. The summed E-state index contributed by atoms with van der Waals surface area (Å²) in [5.74, 6) is 1.11. The van der Waals surface area contributed by atoms with Crippen molar-refractivity contribution in [2.75, 3.05) is 32.7 Å². The van der Waals surface area contributed by atoms with Crippen molar-refractivity contribution in [3.63, 3.8) is 0 Å². The van der Waals surface area contributed by atoms with Crippen molar-refractivity contribution in [3.8, 4) is 0 Å². The van der Waals surface area contributed by atoms with E-state index in [9.17, 15) is 0 Å². The number of aryl methyl sites for hydroxylation is 4. The van der Waals surface area contributed by atoms with E-state index in [1.807, 2.05) is 0 Å². The largest absolute Gasteiger partial charge is 0.308 e. The fourth-order valence-corrected chi connectivity index (χ4v) is 4.96. The molecule has 0 N–H and O–H groups in total. The number of nitrogens with zero attached hydrogens (tertiary/aromatic N) is 5. The second-order valence-electron chi connectivity index (χ2n) is 9.40. The van der Waals surface area contributed by atoms with Crippen LogP contribution in [0.15, 0.2) is 30.3 Å². The highest BCUT2D eigenvalue weighted by molar-refractivity contribution is 5.73. The van der Waals surface area contributed by atoms with Gasteiger partial charge in [0.2, 0.25) is 0 Å². The fraction of sp³-hybridized carbons (Fsp3) is 0.556. The molecule has 1 unspecified atom stereocenters. The van der Waals surface area contributed by atoms with Crippen molar-refractivity contribution < 1.29 is 0 Å². The molecule has 32 heavy (non-hydrogen) atoms. The van der Waals surface area contributed by atoms with Gasteiger partial charge >= 0.3 is 0 Å². The third-order valence-corrected chi connectivity index (χ3v) is 7.12. The van der Waals surface area contributed by atoms with Gasteiger partial charge in [0.1, 0.15) is 11.3 Å². The number of hydrogen-bond donors (Lipinski definition) is 0. The normalized spacial score (nSPS) is 18.0. The Bertz CT molecular complexity index is 1040. The van der Waals surface area contributed by atoms with Crippen LogP contribution in [0.25, 0.3) is 11.2 Å². The standard InChI is InChI=1S/C27H39N5/c1-6-26-29-25-17-20(3)22(5)28-27(25)32(26)19-24-12-10-23(11-13-24)9-8-14-30-15-16-31(7-2)21(4)18-30/h10-13,17,21H,6-9,14-16,18-19H2,1-5H3. The zero-order valence-electron chi connectivity index (χ0n) is 20.6. The number of aromatic nitrogens is 3. The summed E-state index contributed by atoms with van der Waals surface area (Å²) in [5.41, 5.74) is 7.05.